The average Bonchev–Trinajstić information content (AvgIpc) is 1.67. The zero-order valence-corrected chi connectivity index (χ0v) is 5.39. The second-order valence-electron chi connectivity index (χ2n) is 1.59. The van der Waals surface area contributed by atoms with Gasteiger partial charge in [-0.3, -0.25) is 4.79 Å². The largest absolute Gasteiger partial charge is 0.504 e. The van der Waals surface area contributed by atoms with E-state index in [4.69, 9.17) is 0 Å². The van der Waals surface area contributed by atoms with Gasteiger partial charge < -0.3 is 4.74 Å². The van der Waals surface area contributed by atoms with Gasteiger partial charge in [0.2, 0.25) is 0 Å². The first-order chi connectivity index (χ1) is 3.68. The molecule has 0 aromatic rings. The van der Waals surface area contributed by atoms with Crippen LogP contribution in [0.4, 0.5) is 0 Å². The fraction of sp³-hybridized carbons (Fsp3) is 0.500. The smallest absolute Gasteiger partial charge is 0.158 e. The third kappa shape index (κ3) is 2.39. The van der Waals surface area contributed by atoms with Gasteiger partial charge in [-0.05, 0) is 13.8 Å². The maximum Gasteiger partial charge on any atom is 0.158 e. The number of hydrogen-bond donors (Lipinski definition) is 0. The molecule has 0 aromatic heterocycles. The van der Waals surface area contributed by atoms with Crippen LogP contribution in [0.25, 0.3) is 0 Å². The lowest BCUT2D eigenvalue weighted by atomic mass is 10.2. The molecule has 0 aliphatic rings. The molecule has 0 saturated heterocycles. The van der Waals surface area contributed by atoms with Crippen molar-refractivity contribution in [1.82, 2.24) is 0 Å². The fourth-order valence-electron chi connectivity index (χ4n) is 0.260. The van der Waals surface area contributed by atoms with Crippen molar-refractivity contribution in [2.75, 3.05) is 7.11 Å². The third-order valence-corrected chi connectivity index (χ3v) is 0.850. The first-order valence-electron chi connectivity index (χ1n) is 2.39. The molecule has 2 heteroatoms. The first kappa shape index (κ1) is 7.21. The summed E-state index contributed by atoms with van der Waals surface area (Å²) in [4.78, 5) is 10.4. The van der Waals surface area contributed by atoms with Crippen LogP contribution in [0.15, 0.2) is 11.8 Å². The van der Waals surface area contributed by atoms with Crippen LogP contribution in [-0.4, -0.2) is 12.9 Å². The Morgan fingerprint density at radius 1 is 1.50 bits per heavy atom. The molecule has 0 unspecified atom stereocenters. The molecule has 0 N–H and O–H groups in total. The molecule has 8 heavy (non-hydrogen) atoms. The van der Waals surface area contributed by atoms with Crippen molar-refractivity contribution >= 4 is 5.78 Å². The topological polar surface area (TPSA) is 26.3 Å². The number of carbonyl (C=O) groups is 1. The van der Waals surface area contributed by atoms with E-state index < -0.39 is 0 Å². The highest BCUT2D eigenvalue weighted by molar-refractivity contribution is 5.92. The zero-order valence-electron chi connectivity index (χ0n) is 5.39. The molecule has 0 bridgehead atoms. The molecule has 0 atom stereocenters. The van der Waals surface area contributed by atoms with Gasteiger partial charge in [-0.25, -0.2) is 0 Å². The molecule has 0 aromatic carbocycles. The number of Topliss-reactive ketones (excluding diaryl/α,β-unsaturated/α-hetero) is 1. The Hall–Kier alpha value is -0.790. The zero-order chi connectivity index (χ0) is 6.57. The Morgan fingerprint density at radius 2 is 2.00 bits per heavy atom. The van der Waals surface area contributed by atoms with Crippen molar-refractivity contribution in [1.29, 1.82) is 0 Å². The normalized spacial score (nSPS) is 11.1. The van der Waals surface area contributed by atoms with Crippen LogP contribution < -0.4 is 0 Å². The van der Waals surface area contributed by atoms with Gasteiger partial charge in [-0.1, -0.05) is 0 Å². The number of rotatable bonds is 2. The van der Waals surface area contributed by atoms with Crippen molar-refractivity contribution in [3.05, 3.63) is 11.8 Å². The van der Waals surface area contributed by atoms with Gasteiger partial charge in [0.1, 0.15) is 0 Å². The second kappa shape index (κ2) is 3.24. The minimum atomic E-state index is 0.0480. The number of carbonyl (C=O) groups excluding carboxylic acids is 1. The molecule has 0 heterocycles. The van der Waals surface area contributed by atoms with Gasteiger partial charge in [0.05, 0.1) is 13.4 Å². The SMILES string of the molecule is COC=C(C)C(C)=O. The van der Waals surface area contributed by atoms with Crippen LogP contribution in [0.2, 0.25) is 0 Å². The molecule has 46 valence electrons. The third-order valence-electron chi connectivity index (χ3n) is 0.850. The Balaban J connectivity index is 3.80. The summed E-state index contributed by atoms with van der Waals surface area (Å²) in [6.45, 7) is 3.22. The van der Waals surface area contributed by atoms with Gasteiger partial charge >= 0.3 is 0 Å². The quantitative estimate of drug-likeness (QED) is 0.397. The number of ether oxygens (including phenoxy) is 1. The number of hydrogen-bond acceptors (Lipinski definition) is 2. The molecular formula is C6H10O2. The van der Waals surface area contributed by atoms with Crippen LogP contribution in [-0.2, 0) is 9.53 Å². The van der Waals surface area contributed by atoms with E-state index >= 15 is 0 Å². The summed E-state index contributed by atoms with van der Waals surface area (Å²) in [6, 6.07) is 0. The van der Waals surface area contributed by atoms with Crippen molar-refractivity contribution in [3.63, 3.8) is 0 Å². The van der Waals surface area contributed by atoms with E-state index in [9.17, 15) is 4.79 Å². The molecule has 0 radical (unpaired) electrons. The lowest BCUT2D eigenvalue weighted by molar-refractivity contribution is -0.113. The summed E-state index contributed by atoms with van der Waals surface area (Å²) in [5.74, 6) is 0.0480. The van der Waals surface area contributed by atoms with E-state index in [1.54, 1.807) is 6.92 Å². The number of methoxy groups -OCH3 is 1. The molecule has 0 fully saturated rings. The van der Waals surface area contributed by atoms with E-state index in [2.05, 4.69) is 4.74 Å². The van der Waals surface area contributed by atoms with E-state index in [0.29, 0.717) is 5.57 Å². The van der Waals surface area contributed by atoms with Crippen LogP contribution in [0.5, 0.6) is 0 Å². The highest BCUT2D eigenvalue weighted by atomic mass is 16.5. The first-order valence-corrected chi connectivity index (χ1v) is 2.39. The predicted octanol–water partition coefficient (Wildman–Crippen LogP) is 1.13. The molecule has 2 nitrogen and oxygen atoms in total. The Bertz CT molecular complexity index is 114. The lowest BCUT2D eigenvalue weighted by Crippen LogP contribution is -1.90. The van der Waals surface area contributed by atoms with Crippen molar-refractivity contribution in [3.8, 4) is 0 Å². The van der Waals surface area contributed by atoms with Gasteiger partial charge in [0.25, 0.3) is 0 Å². The summed E-state index contributed by atoms with van der Waals surface area (Å²) in [5.41, 5.74) is 0.646. The Morgan fingerprint density at radius 3 is 2.12 bits per heavy atom. The summed E-state index contributed by atoms with van der Waals surface area (Å²) < 4.78 is 4.58. The van der Waals surface area contributed by atoms with E-state index in [1.807, 2.05) is 0 Å². The molecule has 0 spiro atoms. The summed E-state index contributed by atoms with van der Waals surface area (Å²) in [6.07, 6.45) is 1.43. The molecule has 0 saturated carbocycles. The standard InChI is InChI=1S/C6H10O2/c1-5(4-8-3)6(2)7/h4H,1-3H3. The number of allylic oxidation sites excluding steroid dienone is 1. The minimum absolute atomic E-state index is 0.0480. The number of ketones is 1. The van der Waals surface area contributed by atoms with Crippen LogP contribution in [0.1, 0.15) is 13.8 Å². The minimum Gasteiger partial charge on any atom is -0.504 e. The van der Waals surface area contributed by atoms with Gasteiger partial charge in [0.15, 0.2) is 5.78 Å². The molecule has 0 aliphatic heterocycles. The van der Waals surface area contributed by atoms with Gasteiger partial charge in [0, 0.05) is 5.57 Å². The van der Waals surface area contributed by atoms with E-state index in [1.165, 1.54) is 20.3 Å². The molecule has 0 amide bonds. The highest BCUT2D eigenvalue weighted by Crippen LogP contribution is 1.91. The Kier molecular flexibility index (Phi) is 2.92. The van der Waals surface area contributed by atoms with E-state index in [-0.39, 0.29) is 5.78 Å². The van der Waals surface area contributed by atoms with Crippen LogP contribution >= 0.6 is 0 Å². The molecular weight excluding hydrogens is 104 g/mol. The second-order valence-corrected chi connectivity index (χ2v) is 1.59. The van der Waals surface area contributed by atoms with Gasteiger partial charge in [-0.2, -0.15) is 0 Å². The average molecular weight is 114 g/mol. The van der Waals surface area contributed by atoms with Crippen molar-refractivity contribution < 1.29 is 9.53 Å². The van der Waals surface area contributed by atoms with Crippen LogP contribution in [0, 0.1) is 0 Å². The Labute approximate surface area is 49.1 Å². The highest BCUT2D eigenvalue weighted by Gasteiger charge is 1.92. The lowest BCUT2D eigenvalue weighted by Gasteiger charge is -1.90. The maximum absolute atomic E-state index is 10.4. The summed E-state index contributed by atoms with van der Waals surface area (Å²) in [7, 11) is 1.52. The summed E-state index contributed by atoms with van der Waals surface area (Å²) in [5, 5.41) is 0. The summed E-state index contributed by atoms with van der Waals surface area (Å²) >= 11 is 0. The van der Waals surface area contributed by atoms with E-state index in [0.717, 1.165) is 0 Å². The fourth-order valence-corrected chi connectivity index (χ4v) is 0.260. The van der Waals surface area contributed by atoms with Crippen molar-refractivity contribution in [2.24, 2.45) is 0 Å². The monoisotopic (exact) mass is 114 g/mol. The van der Waals surface area contributed by atoms with Crippen LogP contribution in [0.3, 0.4) is 0 Å². The maximum atomic E-state index is 10.4. The molecule has 0 aliphatic carbocycles. The predicted molar refractivity (Wildman–Crippen MR) is 31.4 cm³/mol. The van der Waals surface area contributed by atoms with Gasteiger partial charge in [-0.15, -0.1) is 0 Å². The van der Waals surface area contributed by atoms with Crippen molar-refractivity contribution in [2.45, 2.75) is 13.8 Å². The molecule has 0 rings (SSSR count).